The predicted molar refractivity (Wildman–Crippen MR) is 465 cm³/mol. The molecule has 5 atom stereocenters. The summed E-state index contributed by atoms with van der Waals surface area (Å²) in [5.41, 5.74) is -10.9. The predicted octanol–water partition coefficient (Wildman–Crippen LogP) is 14.2. The van der Waals surface area contributed by atoms with Gasteiger partial charge in [-0.1, -0.05) is 139 Å². The van der Waals surface area contributed by atoms with E-state index >= 15 is 0 Å². The van der Waals surface area contributed by atoms with E-state index in [2.05, 4.69) is 35.6 Å². The second kappa shape index (κ2) is 39.3. The van der Waals surface area contributed by atoms with Gasteiger partial charge >= 0.3 is 6.09 Å². The van der Waals surface area contributed by atoms with Crippen molar-refractivity contribution < 1.29 is 99.1 Å². The molecule has 6 aliphatic rings. The first kappa shape index (κ1) is 49.5. The van der Waals surface area contributed by atoms with E-state index in [1.807, 2.05) is 127 Å². The topological polar surface area (TPSA) is 301 Å². The molecule has 2 amide bonds. The molecule has 5 fully saturated rings. The van der Waals surface area contributed by atoms with Crippen molar-refractivity contribution in [3.05, 3.63) is 257 Å². The smallest absolute Gasteiger partial charge is 0.417 e. The largest absolute Gasteiger partial charge is 0.443 e. The molecule has 634 valence electrons. The number of nitrogens with zero attached hydrogens (tertiary/aromatic N) is 17. The molecule has 6 aliphatic heterocycles. The fourth-order valence-corrected chi connectivity index (χ4v) is 11.7. The maximum absolute atomic E-state index is 14.3. The third-order valence-corrected chi connectivity index (χ3v) is 17.0. The van der Waals surface area contributed by atoms with Gasteiger partial charge in [0.05, 0.1) is 120 Å². The van der Waals surface area contributed by atoms with E-state index in [1.165, 1.54) is 104 Å². The third kappa shape index (κ3) is 25.4. The minimum atomic E-state index is -3.24. The molecule has 6 aromatic heterocycles. The number of pyridine rings is 1. The Morgan fingerprint density at radius 2 is 0.850 bits per heavy atom. The van der Waals surface area contributed by atoms with E-state index in [1.54, 1.807) is 20.8 Å². The first-order valence-electron chi connectivity index (χ1n) is 56.9. The van der Waals surface area contributed by atoms with E-state index in [-0.39, 0.29) is 68.7 Å². The van der Waals surface area contributed by atoms with Crippen molar-refractivity contribution in [2.75, 3.05) is 89.5 Å². The van der Waals surface area contributed by atoms with Crippen LogP contribution in [0, 0.1) is 17.1 Å². The molecule has 28 heteroatoms. The summed E-state index contributed by atoms with van der Waals surface area (Å²) in [7, 11) is 0. The highest BCUT2D eigenvalue weighted by molar-refractivity contribution is 6.35. The number of anilines is 5. The number of H-pyrrole nitrogens is 1. The molecule has 0 radical (unpaired) electrons. The number of nitrogens with one attached hydrogen (secondary N) is 1. The van der Waals surface area contributed by atoms with Crippen LogP contribution < -0.4 is 24.5 Å². The lowest BCUT2D eigenvalue weighted by Gasteiger charge is -2.37. The SMILES string of the molecule is CC(C)(C)OC(=O)N1Cc2nc(-c3c(F)cccc3C#N)cc(Cl)c2C1=O.[2H]C1([2H])N(c2ccn(Cc3ccccc3)n2)C([2H])([2H])C(C)(O)C([2H])([2H])C1([2H])[2H].[2H]C1([2H])N(c2ccn(Cc3ccccc3)n2)C([2H])([2H])[C@@](C)(O)C([2H])([2H])C1([2H])[2H].[2H]C1([2H])N(c2ccn(Cc3ccccc3)n2)C([2H])([2H])[C@](C)(O)C([2H])([2H])C1([2H])[2H].[2H]C1([2H])N(c2ccn(Cc3ccccc3)n2)C([2H])([2H])[C@](C)(O)C([2H])([2H])C1([2H])[2H].[2H]C1([2H])N(c2ccn[nH]2)C([2H])([2H])[C@](C)(O)C([2H])([2H])C1([2H])[2H]. The minimum Gasteiger partial charge on any atom is -0.443 e. The number of carbonyl (C=O) groups is 2. The van der Waals surface area contributed by atoms with Crippen molar-refractivity contribution in [3.8, 4) is 17.3 Å². The van der Waals surface area contributed by atoms with E-state index < -0.39 is 180 Å². The number of imide groups is 1. The molecule has 5 aromatic carbocycles. The lowest BCUT2D eigenvalue weighted by Crippen LogP contribution is -2.46. The molecule has 0 saturated carbocycles. The molecule has 12 heterocycles. The first-order chi connectivity index (χ1) is 72.6. The Morgan fingerprint density at radius 3 is 1.18 bits per heavy atom. The number of nitriles is 1. The van der Waals surface area contributed by atoms with Crippen LogP contribution >= 0.6 is 11.6 Å². The second-order valence-electron chi connectivity index (χ2n) is 28.7. The van der Waals surface area contributed by atoms with Crippen LogP contribution in [0.1, 0.15) is 218 Å². The van der Waals surface area contributed by atoms with Gasteiger partial charge in [-0.3, -0.25) is 28.6 Å². The average molecular weight is 1690 g/mol. The molecule has 0 bridgehead atoms. The Hall–Kier alpha value is -11.3. The summed E-state index contributed by atoms with van der Waals surface area (Å²) in [6.45, 7) is -20.2. The number of halogens is 2. The van der Waals surface area contributed by atoms with Gasteiger partial charge in [-0.2, -0.15) is 30.8 Å². The minimum absolute atomic E-state index is 0.00660. The highest BCUT2D eigenvalue weighted by Crippen LogP contribution is 2.36. The van der Waals surface area contributed by atoms with Crippen molar-refractivity contribution >= 4 is 52.7 Å². The zero-order valence-corrected chi connectivity index (χ0v) is 66.7. The van der Waals surface area contributed by atoms with Gasteiger partial charge in [0.2, 0.25) is 0 Å². The van der Waals surface area contributed by atoms with Crippen LogP contribution in [0.4, 0.5) is 38.3 Å². The molecular weight excluding hydrogens is 1540 g/mol. The number of hydrogen-bond donors (Lipinski definition) is 6. The van der Waals surface area contributed by atoms with E-state index in [0.29, 0.717) is 50.7 Å². The van der Waals surface area contributed by atoms with Gasteiger partial charge in [-0.05, 0) is 160 Å². The number of rotatable bonds is 14. The normalized spacial score (nSPS) is 34.8. The van der Waals surface area contributed by atoms with E-state index in [4.69, 9.17) is 71.2 Å². The zero-order chi connectivity index (χ0) is 121. The number of carbonyl (C=O) groups excluding carboxylic acids is 2. The highest BCUT2D eigenvalue weighted by Gasteiger charge is 2.40. The van der Waals surface area contributed by atoms with Crippen LogP contribution in [0.15, 0.2) is 207 Å². The van der Waals surface area contributed by atoms with Crippen LogP contribution in [0.5, 0.6) is 0 Å². The van der Waals surface area contributed by atoms with Gasteiger partial charge in [0.25, 0.3) is 5.91 Å². The average Bonchev–Trinajstić information content (AvgIpc) is 0.996. The van der Waals surface area contributed by atoms with Crippen LogP contribution in [0.2, 0.25) is 5.02 Å². The molecule has 120 heavy (non-hydrogen) atoms. The molecule has 0 aliphatic carbocycles. The molecule has 6 N–H and O–H groups in total. The van der Waals surface area contributed by atoms with Gasteiger partial charge in [0.15, 0.2) is 23.3 Å². The fraction of sp³-hybridized carbons (Fsp3) is 0.424. The lowest BCUT2D eigenvalue weighted by atomic mass is 9.95. The molecule has 17 rings (SSSR count). The summed E-state index contributed by atoms with van der Waals surface area (Å²) in [6, 6.07) is 50.8. The molecule has 11 aromatic rings. The number of amides is 2. The molecular formula is C92H114ClFN18O8. The summed E-state index contributed by atoms with van der Waals surface area (Å²) >= 11 is 6.23. The summed E-state index contributed by atoms with van der Waals surface area (Å²) < 4.78 is 348. The molecule has 1 unspecified atom stereocenters. The van der Waals surface area contributed by atoms with Crippen LogP contribution in [0.3, 0.4) is 0 Å². The van der Waals surface area contributed by atoms with Crippen molar-refractivity contribution in [2.24, 2.45) is 0 Å². The number of piperidine rings is 5. The lowest BCUT2D eigenvalue weighted by molar-refractivity contribution is 0.0245. The van der Waals surface area contributed by atoms with Crippen LogP contribution in [0.25, 0.3) is 11.3 Å². The Morgan fingerprint density at radius 1 is 0.508 bits per heavy atom. The third-order valence-electron chi connectivity index (χ3n) is 16.7. The van der Waals surface area contributed by atoms with Crippen LogP contribution in [-0.4, -0.2) is 195 Å². The number of fused-ring (bicyclic) bond motifs is 1. The van der Waals surface area contributed by atoms with Gasteiger partial charge in [-0.25, -0.2) is 19.1 Å². The number of aromatic amines is 1. The second-order valence-corrected chi connectivity index (χ2v) is 29.1. The van der Waals surface area contributed by atoms with Gasteiger partial charge < -0.3 is 54.8 Å². The van der Waals surface area contributed by atoms with Crippen molar-refractivity contribution in [2.45, 2.75) is 185 Å². The van der Waals surface area contributed by atoms with Crippen molar-refractivity contribution in [1.29, 1.82) is 5.26 Å². The maximum atomic E-state index is 14.3. The van der Waals surface area contributed by atoms with Gasteiger partial charge in [-0.15, -0.1) is 0 Å². The quantitative estimate of drug-likeness (QED) is 0.0589. The molecule has 0 spiro atoms. The molecule has 26 nitrogen and oxygen atoms in total. The Kier molecular flexibility index (Phi) is 16.2. The first-order valence-corrected chi connectivity index (χ1v) is 37.3. The summed E-state index contributed by atoms with van der Waals surface area (Å²) in [4.78, 5) is 31.9. The van der Waals surface area contributed by atoms with E-state index in [0.717, 1.165) is 61.8 Å². The number of ether oxygens (including phenoxy) is 1. The Bertz CT molecular complexity index is 6460. The number of aliphatic hydroxyl groups is 5. The number of benzene rings is 5. The fourth-order valence-electron chi connectivity index (χ4n) is 11.4. The standard InChI is InChI=1S/C19H15ClFN3O3.4C16H21N3O.C9H15N3O/c1-19(2,3)27-18(26)24-9-14-16(17(24)25)11(20)7-13(23-14)15-10(8-22)5-4-6-12(15)21;4*1-16(20)9-5-10-18(13-16)15-8-11-19(17-15)12-14-6-3-2-4-7-14;1-9(13)4-2-6-12(7-9)8-3-5-10-11-8/h4-7H,9H2,1-3H3;4*2-4,6-8,11,20H,5,9-10,12-13H2,1H3;3,5,13H,2,4,6-7H2,1H3,(H,10,11)/t;3*16-;;9-/m.110.1/s1/i;4*5D2,9D2,10D2,13D2;2D2,4D2,6D2,7D2. The summed E-state index contributed by atoms with van der Waals surface area (Å²) in [5, 5.41) is 84.7. The number of aromatic nitrogens is 11. The zero-order valence-electron chi connectivity index (χ0n) is 106. The maximum Gasteiger partial charge on any atom is 0.417 e. The monoisotopic (exact) mass is 1690 g/mol. The van der Waals surface area contributed by atoms with Crippen molar-refractivity contribution in [3.63, 3.8) is 0 Å². The van der Waals surface area contributed by atoms with Crippen LogP contribution in [-0.2, 0) is 37.5 Å². The Labute approximate surface area is 763 Å². The molecule has 5 saturated heterocycles. The van der Waals surface area contributed by atoms with Gasteiger partial charge in [0, 0.05) is 161 Å². The van der Waals surface area contributed by atoms with E-state index in [9.17, 15) is 44.8 Å². The number of β-amino-alcohol motifs (C(OH)–C–C–N with tert-alkyl or cyclic N) is 5. The summed E-state index contributed by atoms with van der Waals surface area (Å²) in [5.74, 6) is -2.44. The Balaban J connectivity index is 0.000000169. The number of hydrogen-bond acceptors (Lipinski definition) is 20. The summed E-state index contributed by atoms with van der Waals surface area (Å²) in [6.07, 6.45) is -25.8. The van der Waals surface area contributed by atoms with Gasteiger partial charge in [0.1, 0.15) is 17.2 Å². The highest BCUT2D eigenvalue weighted by atomic mass is 35.5. The van der Waals surface area contributed by atoms with Crippen molar-refractivity contribution in [1.82, 2.24) is 59.2 Å².